The van der Waals surface area contributed by atoms with E-state index in [4.69, 9.17) is 11.6 Å². The van der Waals surface area contributed by atoms with Gasteiger partial charge in [0.25, 0.3) is 11.1 Å². The van der Waals surface area contributed by atoms with E-state index in [0.717, 1.165) is 22.4 Å². The van der Waals surface area contributed by atoms with Crippen LogP contribution in [0.15, 0.2) is 47.4 Å². The highest BCUT2D eigenvalue weighted by molar-refractivity contribution is 8.18. The van der Waals surface area contributed by atoms with Crippen molar-refractivity contribution < 1.29 is 14.4 Å². The molecule has 0 atom stereocenters. The Kier molecular flexibility index (Phi) is 5.39. The maximum atomic E-state index is 12.4. The lowest BCUT2D eigenvalue weighted by Gasteiger charge is -2.12. The largest absolute Gasteiger partial charge is 0.325 e. The summed E-state index contributed by atoms with van der Waals surface area (Å²) in [4.78, 5) is 42.1. The van der Waals surface area contributed by atoms with Crippen molar-refractivity contribution in [3.8, 4) is 0 Å². The number of carbonyl (C=O) groups excluding carboxylic acids is 3. The van der Waals surface area contributed by atoms with Crippen molar-refractivity contribution >= 4 is 52.2 Å². The SMILES string of the molecule is Cc1cccc(C=C2SC(=O)N(CC(=O)Nc3ccc(Cl)cc3)C2=O)n1. The average Bonchev–Trinajstić information content (AvgIpc) is 2.84. The Morgan fingerprint density at radius 3 is 2.65 bits per heavy atom. The van der Waals surface area contributed by atoms with Gasteiger partial charge in [0.1, 0.15) is 6.54 Å². The first kappa shape index (κ1) is 18.2. The van der Waals surface area contributed by atoms with Crippen molar-refractivity contribution in [1.82, 2.24) is 9.88 Å². The maximum absolute atomic E-state index is 12.4. The van der Waals surface area contributed by atoms with Gasteiger partial charge >= 0.3 is 0 Å². The molecule has 1 fully saturated rings. The molecule has 0 saturated carbocycles. The third-order valence-electron chi connectivity index (χ3n) is 3.49. The van der Waals surface area contributed by atoms with Crippen LogP contribution in [0.25, 0.3) is 6.08 Å². The van der Waals surface area contributed by atoms with Gasteiger partial charge in [-0.1, -0.05) is 17.7 Å². The molecule has 8 heteroatoms. The summed E-state index contributed by atoms with van der Waals surface area (Å²) < 4.78 is 0. The molecule has 0 bridgehead atoms. The number of halogens is 1. The Morgan fingerprint density at radius 1 is 1.23 bits per heavy atom. The second-order valence-electron chi connectivity index (χ2n) is 5.53. The van der Waals surface area contributed by atoms with E-state index in [2.05, 4.69) is 10.3 Å². The van der Waals surface area contributed by atoms with Gasteiger partial charge in [0, 0.05) is 16.4 Å². The molecule has 1 aliphatic heterocycles. The molecule has 0 radical (unpaired) electrons. The number of hydrogen-bond acceptors (Lipinski definition) is 5. The van der Waals surface area contributed by atoms with E-state index in [1.165, 1.54) is 0 Å². The standard InChI is InChI=1S/C18H14ClN3O3S/c1-11-3-2-4-14(20-11)9-15-17(24)22(18(25)26-15)10-16(23)21-13-7-5-12(19)6-8-13/h2-9H,10H2,1H3,(H,21,23). The van der Waals surface area contributed by atoms with Crippen LogP contribution >= 0.6 is 23.4 Å². The molecule has 3 amide bonds. The Bertz CT molecular complexity index is 912. The lowest BCUT2D eigenvalue weighted by Crippen LogP contribution is -2.36. The summed E-state index contributed by atoms with van der Waals surface area (Å²) in [7, 11) is 0. The number of aryl methyl sites for hydroxylation is 1. The van der Waals surface area contributed by atoms with E-state index in [0.29, 0.717) is 16.4 Å². The minimum absolute atomic E-state index is 0.243. The highest BCUT2D eigenvalue weighted by Gasteiger charge is 2.36. The van der Waals surface area contributed by atoms with Crippen LogP contribution < -0.4 is 5.32 Å². The average molecular weight is 388 g/mol. The van der Waals surface area contributed by atoms with Crippen LogP contribution in [-0.4, -0.2) is 33.5 Å². The number of rotatable bonds is 4. The zero-order valence-corrected chi connectivity index (χ0v) is 15.3. The summed E-state index contributed by atoms with van der Waals surface area (Å²) in [6, 6.07) is 11.9. The van der Waals surface area contributed by atoms with Gasteiger partial charge in [-0.2, -0.15) is 0 Å². The lowest BCUT2D eigenvalue weighted by molar-refractivity contribution is -0.127. The lowest BCUT2D eigenvalue weighted by atomic mass is 10.3. The summed E-state index contributed by atoms with van der Waals surface area (Å²) in [5.74, 6) is -0.973. The Hall–Kier alpha value is -2.64. The fourth-order valence-corrected chi connectivity index (χ4v) is 3.24. The molecule has 3 rings (SSSR count). The number of anilines is 1. The number of thioether (sulfide) groups is 1. The quantitative estimate of drug-likeness (QED) is 0.809. The van der Waals surface area contributed by atoms with Crippen LogP contribution in [0.5, 0.6) is 0 Å². The molecule has 0 aliphatic carbocycles. The van der Waals surface area contributed by atoms with Crippen LogP contribution in [0.1, 0.15) is 11.4 Å². The predicted molar refractivity (Wildman–Crippen MR) is 102 cm³/mol. The van der Waals surface area contributed by atoms with Crippen LogP contribution in [0.3, 0.4) is 0 Å². The molecule has 1 aliphatic rings. The summed E-state index contributed by atoms with van der Waals surface area (Å²) in [5, 5.41) is 2.68. The number of nitrogens with zero attached hydrogens (tertiary/aromatic N) is 2. The number of pyridine rings is 1. The summed E-state index contributed by atoms with van der Waals surface area (Å²) >= 11 is 6.59. The van der Waals surface area contributed by atoms with Gasteiger partial charge in [0.05, 0.1) is 10.6 Å². The summed E-state index contributed by atoms with van der Waals surface area (Å²) in [6.45, 7) is 1.48. The first-order chi connectivity index (χ1) is 12.4. The van der Waals surface area contributed by atoms with Crippen LogP contribution in [0.4, 0.5) is 10.5 Å². The third-order valence-corrected chi connectivity index (χ3v) is 4.65. The van der Waals surface area contributed by atoms with Crippen LogP contribution in [-0.2, 0) is 9.59 Å². The van der Waals surface area contributed by atoms with Crippen LogP contribution in [0.2, 0.25) is 5.02 Å². The van der Waals surface area contributed by atoms with Gasteiger partial charge < -0.3 is 5.32 Å². The van der Waals surface area contributed by atoms with Crippen LogP contribution in [0, 0.1) is 6.92 Å². The molecule has 1 N–H and O–H groups in total. The Morgan fingerprint density at radius 2 is 1.96 bits per heavy atom. The number of amides is 3. The zero-order chi connectivity index (χ0) is 18.7. The molecule has 6 nitrogen and oxygen atoms in total. The Labute approximate surface area is 159 Å². The maximum Gasteiger partial charge on any atom is 0.294 e. The zero-order valence-electron chi connectivity index (χ0n) is 13.7. The third kappa shape index (κ3) is 4.30. The number of hydrogen-bond donors (Lipinski definition) is 1. The van der Waals surface area contributed by atoms with E-state index in [1.807, 2.05) is 19.1 Å². The van der Waals surface area contributed by atoms with E-state index in [-0.39, 0.29) is 11.4 Å². The van der Waals surface area contributed by atoms with Gasteiger partial charge in [-0.25, -0.2) is 0 Å². The fourth-order valence-electron chi connectivity index (χ4n) is 2.29. The topological polar surface area (TPSA) is 79.4 Å². The minimum atomic E-state index is -0.505. The van der Waals surface area contributed by atoms with Gasteiger partial charge in [0.2, 0.25) is 5.91 Å². The van der Waals surface area contributed by atoms with Gasteiger partial charge in [-0.15, -0.1) is 0 Å². The van der Waals surface area contributed by atoms with Crippen molar-refractivity contribution in [2.45, 2.75) is 6.92 Å². The second kappa shape index (κ2) is 7.72. The highest BCUT2D eigenvalue weighted by atomic mass is 35.5. The molecule has 1 saturated heterocycles. The molecule has 0 unspecified atom stereocenters. The van der Waals surface area contributed by atoms with E-state index < -0.39 is 17.1 Å². The Balaban J connectivity index is 1.69. The smallest absolute Gasteiger partial charge is 0.294 e. The van der Waals surface area contributed by atoms with Crippen molar-refractivity contribution in [3.63, 3.8) is 0 Å². The molecule has 1 aromatic carbocycles. The predicted octanol–water partition coefficient (Wildman–Crippen LogP) is 3.72. The van der Waals surface area contributed by atoms with Gasteiger partial charge in [0.15, 0.2) is 0 Å². The van der Waals surface area contributed by atoms with Crippen molar-refractivity contribution in [3.05, 3.63) is 63.8 Å². The second-order valence-corrected chi connectivity index (χ2v) is 6.96. The number of benzene rings is 1. The molecule has 2 heterocycles. The van der Waals surface area contributed by atoms with E-state index in [1.54, 1.807) is 36.4 Å². The number of aromatic nitrogens is 1. The number of carbonyl (C=O) groups is 3. The molecular formula is C18H14ClN3O3S. The molecule has 132 valence electrons. The molecule has 0 spiro atoms. The van der Waals surface area contributed by atoms with Crippen molar-refractivity contribution in [1.29, 1.82) is 0 Å². The monoisotopic (exact) mass is 387 g/mol. The number of imide groups is 1. The first-order valence-electron chi connectivity index (χ1n) is 7.67. The molecule has 1 aromatic heterocycles. The van der Waals surface area contributed by atoms with Crippen molar-refractivity contribution in [2.75, 3.05) is 11.9 Å². The molecular weight excluding hydrogens is 374 g/mol. The van der Waals surface area contributed by atoms with Gasteiger partial charge in [-0.05, 0) is 61.2 Å². The van der Waals surface area contributed by atoms with E-state index >= 15 is 0 Å². The first-order valence-corrected chi connectivity index (χ1v) is 8.86. The summed E-state index contributed by atoms with van der Waals surface area (Å²) in [6.07, 6.45) is 1.55. The van der Waals surface area contributed by atoms with Crippen molar-refractivity contribution in [2.24, 2.45) is 0 Å². The minimum Gasteiger partial charge on any atom is -0.325 e. The summed E-state index contributed by atoms with van der Waals surface area (Å²) in [5.41, 5.74) is 1.92. The van der Waals surface area contributed by atoms with Gasteiger partial charge in [-0.3, -0.25) is 24.3 Å². The highest BCUT2D eigenvalue weighted by Crippen LogP contribution is 2.31. The van der Waals surface area contributed by atoms with E-state index in [9.17, 15) is 14.4 Å². The molecule has 26 heavy (non-hydrogen) atoms. The normalized spacial score (nSPS) is 15.6. The fraction of sp³-hybridized carbons (Fsp3) is 0.111. The number of nitrogens with one attached hydrogen (secondary N) is 1. The molecule has 2 aromatic rings.